The zero-order valence-electron chi connectivity index (χ0n) is 9.44. The average Bonchev–Trinajstić information content (AvgIpc) is 2.35. The summed E-state index contributed by atoms with van der Waals surface area (Å²) < 4.78 is 18.1. The van der Waals surface area contributed by atoms with Crippen LogP contribution in [0.25, 0.3) is 0 Å². The number of nitrogens with zero attached hydrogens (tertiary/aromatic N) is 1. The Kier molecular flexibility index (Phi) is 4.95. The topological polar surface area (TPSA) is 62.1 Å². The van der Waals surface area contributed by atoms with Crippen LogP contribution in [0.3, 0.4) is 0 Å². The number of benzene rings is 1. The van der Waals surface area contributed by atoms with Gasteiger partial charge in [0, 0.05) is 0 Å². The van der Waals surface area contributed by atoms with Crippen LogP contribution < -0.4 is 10.1 Å². The lowest BCUT2D eigenvalue weighted by atomic mass is 10.2. The first-order chi connectivity index (χ1) is 8.17. The van der Waals surface area contributed by atoms with E-state index in [4.69, 9.17) is 10.00 Å². The molecule has 0 aromatic heterocycles. The van der Waals surface area contributed by atoms with E-state index in [0.717, 1.165) is 0 Å². The minimum absolute atomic E-state index is 0.0210. The lowest BCUT2D eigenvalue weighted by Crippen LogP contribution is -2.36. The fourth-order valence-electron chi connectivity index (χ4n) is 1.17. The summed E-state index contributed by atoms with van der Waals surface area (Å²) in [6.45, 7) is 1.48. The van der Waals surface area contributed by atoms with Crippen LogP contribution in [0.15, 0.2) is 24.3 Å². The fraction of sp³-hybridized carbons (Fsp3) is 0.333. The summed E-state index contributed by atoms with van der Waals surface area (Å²) in [6, 6.07) is 7.22. The summed E-state index contributed by atoms with van der Waals surface area (Å²) in [5.41, 5.74) is 0. The monoisotopic (exact) mass is 236 g/mol. The van der Waals surface area contributed by atoms with Gasteiger partial charge in [0.1, 0.15) is 6.04 Å². The van der Waals surface area contributed by atoms with Crippen molar-refractivity contribution in [3.63, 3.8) is 0 Å². The first-order valence-corrected chi connectivity index (χ1v) is 5.23. The van der Waals surface area contributed by atoms with Gasteiger partial charge >= 0.3 is 0 Å². The normalized spacial score (nSPS) is 11.4. The Bertz CT molecular complexity index is 429. The third-order valence-electron chi connectivity index (χ3n) is 2.09. The molecule has 90 valence electrons. The van der Waals surface area contributed by atoms with Crippen molar-refractivity contribution in [2.75, 3.05) is 6.61 Å². The van der Waals surface area contributed by atoms with Crippen molar-refractivity contribution in [3.05, 3.63) is 30.1 Å². The van der Waals surface area contributed by atoms with Crippen LogP contribution in [0.2, 0.25) is 0 Å². The van der Waals surface area contributed by atoms with Gasteiger partial charge in [0.15, 0.2) is 18.2 Å². The molecule has 0 spiro atoms. The van der Waals surface area contributed by atoms with E-state index in [9.17, 15) is 9.18 Å². The van der Waals surface area contributed by atoms with Crippen LogP contribution in [0.1, 0.15) is 13.3 Å². The molecule has 0 fully saturated rings. The van der Waals surface area contributed by atoms with Crippen LogP contribution in [0.5, 0.6) is 5.75 Å². The Labute approximate surface area is 99.0 Å². The third-order valence-corrected chi connectivity index (χ3v) is 2.09. The zero-order chi connectivity index (χ0) is 12.7. The van der Waals surface area contributed by atoms with Gasteiger partial charge in [-0.1, -0.05) is 19.1 Å². The maximum Gasteiger partial charge on any atom is 0.258 e. The number of hydrogen-bond donors (Lipinski definition) is 1. The van der Waals surface area contributed by atoms with Crippen molar-refractivity contribution in [1.82, 2.24) is 5.32 Å². The molecule has 0 radical (unpaired) electrons. The number of nitriles is 1. The molecule has 1 atom stereocenters. The Morgan fingerprint density at radius 3 is 2.88 bits per heavy atom. The minimum Gasteiger partial charge on any atom is -0.481 e. The summed E-state index contributed by atoms with van der Waals surface area (Å²) in [4.78, 5) is 11.3. The van der Waals surface area contributed by atoms with Gasteiger partial charge < -0.3 is 10.1 Å². The van der Waals surface area contributed by atoms with Gasteiger partial charge in [-0.3, -0.25) is 4.79 Å². The highest BCUT2D eigenvalue weighted by atomic mass is 19.1. The van der Waals surface area contributed by atoms with Gasteiger partial charge in [0.05, 0.1) is 6.07 Å². The average molecular weight is 236 g/mol. The fourth-order valence-corrected chi connectivity index (χ4v) is 1.17. The van der Waals surface area contributed by atoms with Crippen LogP contribution in [0.4, 0.5) is 4.39 Å². The van der Waals surface area contributed by atoms with E-state index >= 15 is 0 Å². The molecule has 0 aliphatic carbocycles. The molecular weight excluding hydrogens is 223 g/mol. The molecule has 17 heavy (non-hydrogen) atoms. The van der Waals surface area contributed by atoms with Crippen molar-refractivity contribution in [1.29, 1.82) is 5.26 Å². The molecule has 1 amide bonds. The van der Waals surface area contributed by atoms with Crippen LogP contribution in [-0.4, -0.2) is 18.6 Å². The number of ether oxygens (including phenoxy) is 1. The SMILES string of the molecule is CC[C@H](C#N)NC(=O)COc1ccccc1F. The van der Waals surface area contributed by atoms with E-state index in [1.54, 1.807) is 13.0 Å². The molecule has 0 bridgehead atoms. The Hall–Kier alpha value is -2.09. The van der Waals surface area contributed by atoms with E-state index in [-0.39, 0.29) is 12.4 Å². The first-order valence-electron chi connectivity index (χ1n) is 5.23. The highest BCUT2D eigenvalue weighted by molar-refractivity contribution is 5.78. The molecule has 0 saturated carbocycles. The summed E-state index contributed by atoms with van der Waals surface area (Å²) in [5, 5.41) is 11.1. The second-order valence-corrected chi connectivity index (χ2v) is 3.38. The molecule has 4 nitrogen and oxygen atoms in total. The number of para-hydroxylation sites is 1. The number of nitrogens with one attached hydrogen (secondary N) is 1. The van der Waals surface area contributed by atoms with E-state index < -0.39 is 17.8 Å². The lowest BCUT2D eigenvalue weighted by molar-refractivity contribution is -0.123. The van der Waals surface area contributed by atoms with Crippen LogP contribution >= 0.6 is 0 Å². The molecule has 0 aliphatic heterocycles. The highest BCUT2D eigenvalue weighted by Crippen LogP contribution is 2.14. The van der Waals surface area contributed by atoms with E-state index in [2.05, 4.69) is 5.32 Å². The molecule has 1 aromatic rings. The van der Waals surface area contributed by atoms with Crippen LogP contribution in [-0.2, 0) is 4.79 Å². The van der Waals surface area contributed by atoms with E-state index in [1.165, 1.54) is 18.2 Å². The van der Waals surface area contributed by atoms with Crippen molar-refractivity contribution in [2.24, 2.45) is 0 Å². The molecule has 0 aliphatic rings. The molecule has 0 heterocycles. The van der Waals surface area contributed by atoms with Crippen molar-refractivity contribution >= 4 is 5.91 Å². The van der Waals surface area contributed by atoms with Gasteiger partial charge in [0.25, 0.3) is 5.91 Å². The lowest BCUT2D eigenvalue weighted by Gasteiger charge is -2.10. The van der Waals surface area contributed by atoms with Gasteiger partial charge in [0.2, 0.25) is 0 Å². The Balaban J connectivity index is 2.44. The predicted molar refractivity (Wildman–Crippen MR) is 59.7 cm³/mol. The van der Waals surface area contributed by atoms with Gasteiger partial charge in [-0.2, -0.15) is 5.26 Å². The van der Waals surface area contributed by atoms with Crippen LogP contribution in [0, 0.1) is 17.1 Å². The summed E-state index contributed by atoms with van der Waals surface area (Å²) in [6.07, 6.45) is 0.516. The number of hydrogen-bond acceptors (Lipinski definition) is 3. The molecule has 5 heteroatoms. The quantitative estimate of drug-likeness (QED) is 0.845. The number of carbonyl (C=O) groups excluding carboxylic acids is 1. The molecule has 1 N–H and O–H groups in total. The van der Waals surface area contributed by atoms with E-state index in [1.807, 2.05) is 6.07 Å². The summed E-state index contributed by atoms with van der Waals surface area (Å²) in [5.74, 6) is -0.943. The standard InChI is InChI=1S/C12H13FN2O2/c1-2-9(7-14)15-12(16)8-17-11-6-4-3-5-10(11)13/h3-6,9H,2,8H2,1H3,(H,15,16)/t9-/m1/s1. The minimum atomic E-state index is -0.535. The largest absolute Gasteiger partial charge is 0.481 e. The Morgan fingerprint density at radius 1 is 1.59 bits per heavy atom. The smallest absolute Gasteiger partial charge is 0.258 e. The first kappa shape index (κ1) is 13.0. The molecular formula is C12H13FN2O2. The second kappa shape index (κ2) is 6.48. The van der Waals surface area contributed by atoms with Gasteiger partial charge in [-0.05, 0) is 18.6 Å². The number of rotatable bonds is 5. The Morgan fingerprint density at radius 2 is 2.29 bits per heavy atom. The third kappa shape index (κ3) is 4.11. The number of amides is 1. The summed E-state index contributed by atoms with van der Waals surface area (Å²) in [7, 11) is 0. The maximum absolute atomic E-state index is 13.1. The molecule has 1 aromatic carbocycles. The predicted octanol–water partition coefficient (Wildman–Crippen LogP) is 1.62. The molecule has 1 rings (SSSR count). The number of halogens is 1. The van der Waals surface area contributed by atoms with Gasteiger partial charge in [-0.25, -0.2) is 4.39 Å². The highest BCUT2D eigenvalue weighted by Gasteiger charge is 2.10. The zero-order valence-corrected chi connectivity index (χ0v) is 9.44. The van der Waals surface area contributed by atoms with Crippen molar-refractivity contribution < 1.29 is 13.9 Å². The number of carbonyl (C=O) groups is 1. The molecule has 0 unspecified atom stereocenters. The van der Waals surface area contributed by atoms with Crippen molar-refractivity contribution in [3.8, 4) is 11.8 Å². The maximum atomic E-state index is 13.1. The summed E-state index contributed by atoms with van der Waals surface area (Å²) >= 11 is 0. The second-order valence-electron chi connectivity index (χ2n) is 3.38. The van der Waals surface area contributed by atoms with Gasteiger partial charge in [-0.15, -0.1) is 0 Å². The molecule has 0 saturated heterocycles. The van der Waals surface area contributed by atoms with E-state index in [0.29, 0.717) is 6.42 Å². The van der Waals surface area contributed by atoms with Crippen molar-refractivity contribution in [2.45, 2.75) is 19.4 Å².